The zero-order chi connectivity index (χ0) is 14.4. The Morgan fingerprint density at radius 2 is 1.75 bits per heavy atom. The van der Waals surface area contributed by atoms with E-state index in [1.54, 1.807) is 18.6 Å². The molecule has 1 aliphatic heterocycles. The number of aromatic nitrogens is 3. The molecule has 104 valence electrons. The Morgan fingerprint density at radius 3 is 2.35 bits per heavy atom. The van der Waals surface area contributed by atoms with Gasteiger partial charge in [-0.1, -0.05) is 0 Å². The summed E-state index contributed by atoms with van der Waals surface area (Å²) in [5, 5.41) is 0. The van der Waals surface area contributed by atoms with Gasteiger partial charge in [0.25, 0.3) is 0 Å². The number of hydrogen-bond donors (Lipinski definition) is 0. The van der Waals surface area contributed by atoms with Crippen molar-refractivity contribution >= 4 is 12.7 Å². The first-order chi connectivity index (χ1) is 9.39. The van der Waals surface area contributed by atoms with Crippen molar-refractivity contribution in [2.45, 2.75) is 38.9 Å². The van der Waals surface area contributed by atoms with Crippen molar-refractivity contribution in [2.24, 2.45) is 0 Å². The van der Waals surface area contributed by atoms with Gasteiger partial charge in [0.2, 0.25) is 5.89 Å². The first kappa shape index (κ1) is 13.3. The first-order valence-corrected chi connectivity index (χ1v) is 6.46. The van der Waals surface area contributed by atoms with E-state index in [-0.39, 0.29) is 0 Å². The fraction of sp³-hybridized carbons (Fsp3) is 0.462. The molecule has 0 saturated carbocycles. The van der Waals surface area contributed by atoms with Gasteiger partial charge >= 0.3 is 7.12 Å². The SMILES string of the molecule is CC1(C)OB(c2cncc(-c3ncco3)n2)OC1(C)C. The van der Waals surface area contributed by atoms with Crippen molar-refractivity contribution in [3.63, 3.8) is 0 Å². The number of oxazole rings is 1. The maximum absolute atomic E-state index is 5.95. The van der Waals surface area contributed by atoms with Crippen LogP contribution in [0.3, 0.4) is 0 Å². The van der Waals surface area contributed by atoms with Crippen LogP contribution in [0.2, 0.25) is 0 Å². The molecule has 0 radical (unpaired) electrons. The smallest absolute Gasteiger partial charge is 0.443 e. The molecule has 0 unspecified atom stereocenters. The standard InChI is InChI=1S/C13H16BN3O3/c1-12(2)13(3,4)20-14(19-12)10-8-15-7-9(17-10)11-16-5-6-18-11/h5-8H,1-4H3. The van der Waals surface area contributed by atoms with Crippen LogP contribution >= 0.6 is 0 Å². The zero-order valence-corrected chi connectivity index (χ0v) is 12.0. The normalized spacial score (nSPS) is 20.3. The topological polar surface area (TPSA) is 70.3 Å². The molecule has 0 amide bonds. The van der Waals surface area contributed by atoms with Crippen LogP contribution < -0.4 is 5.59 Å². The highest BCUT2D eigenvalue weighted by Crippen LogP contribution is 2.36. The summed E-state index contributed by atoms with van der Waals surface area (Å²) in [6.07, 6.45) is 6.30. The lowest BCUT2D eigenvalue weighted by atomic mass is 9.85. The summed E-state index contributed by atoms with van der Waals surface area (Å²) < 4.78 is 17.1. The third kappa shape index (κ3) is 2.12. The van der Waals surface area contributed by atoms with E-state index in [4.69, 9.17) is 13.7 Å². The van der Waals surface area contributed by atoms with E-state index < -0.39 is 18.3 Å². The predicted molar refractivity (Wildman–Crippen MR) is 73.2 cm³/mol. The van der Waals surface area contributed by atoms with E-state index in [9.17, 15) is 0 Å². The van der Waals surface area contributed by atoms with Gasteiger partial charge < -0.3 is 13.7 Å². The summed E-state index contributed by atoms with van der Waals surface area (Å²) in [6.45, 7) is 7.99. The van der Waals surface area contributed by atoms with Crippen molar-refractivity contribution in [1.29, 1.82) is 0 Å². The maximum Gasteiger partial charge on any atom is 0.516 e. The monoisotopic (exact) mass is 273 g/mol. The third-order valence-electron chi connectivity index (χ3n) is 3.80. The molecule has 20 heavy (non-hydrogen) atoms. The largest absolute Gasteiger partial charge is 0.516 e. The van der Waals surface area contributed by atoms with Crippen molar-refractivity contribution in [3.05, 3.63) is 24.9 Å². The highest BCUT2D eigenvalue weighted by atomic mass is 16.7. The molecule has 0 bridgehead atoms. The van der Waals surface area contributed by atoms with Gasteiger partial charge in [-0.15, -0.1) is 0 Å². The molecular formula is C13H16BN3O3. The fourth-order valence-corrected chi connectivity index (χ4v) is 1.91. The first-order valence-electron chi connectivity index (χ1n) is 6.46. The van der Waals surface area contributed by atoms with Gasteiger partial charge in [-0.2, -0.15) is 0 Å². The molecule has 0 spiro atoms. The molecule has 2 aromatic heterocycles. The summed E-state index contributed by atoms with van der Waals surface area (Å²) in [5.41, 5.74) is 0.359. The molecule has 6 nitrogen and oxygen atoms in total. The minimum Gasteiger partial charge on any atom is -0.443 e. The van der Waals surface area contributed by atoms with E-state index in [0.717, 1.165) is 0 Å². The van der Waals surface area contributed by atoms with Crippen LogP contribution in [0, 0.1) is 0 Å². The molecule has 0 N–H and O–H groups in total. The van der Waals surface area contributed by atoms with E-state index in [1.807, 2.05) is 27.7 Å². The molecule has 0 atom stereocenters. The molecule has 0 aromatic carbocycles. The lowest BCUT2D eigenvalue weighted by Gasteiger charge is -2.32. The van der Waals surface area contributed by atoms with Gasteiger partial charge in [-0.05, 0) is 27.7 Å². The van der Waals surface area contributed by atoms with Crippen LogP contribution in [0.5, 0.6) is 0 Å². The lowest BCUT2D eigenvalue weighted by molar-refractivity contribution is 0.00578. The van der Waals surface area contributed by atoms with Crippen LogP contribution in [0.4, 0.5) is 0 Å². The van der Waals surface area contributed by atoms with Crippen molar-refractivity contribution in [2.75, 3.05) is 0 Å². The Balaban J connectivity index is 1.91. The number of hydrogen-bond acceptors (Lipinski definition) is 6. The Kier molecular flexibility index (Phi) is 2.91. The molecule has 3 heterocycles. The average Bonchev–Trinajstić information content (AvgIpc) is 2.97. The summed E-state index contributed by atoms with van der Waals surface area (Å²) in [7, 11) is -0.539. The second kappa shape index (κ2) is 4.39. The van der Waals surface area contributed by atoms with Crippen molar-refractivity contribution in [3.8, 4) is 11.6 Å². The molecule has 3 rings (SSSR count). The van der Waals surface area contributed by atoms with E-state index in [1.165, 1.54) is 6.26 Å². The van der Waals surface area contributed by atoms with Gasteiger partial charge in [0.15, 0.2) is 0 Å². The van der Waals surface area contributed by atoms with Gasteiger partial charge in [0.05, 0.1) is 29.2 Å². The zero-order valence-electron chi connectivity index (χ0n) is 12.0. The van der Waals surface area contributed by atoms with Crippen LogP contribution in [-0.2, 0) is 9.31 Å². The van der Waals surface area contributed by atoms with Gasteiger partial charge in [0, 0.05) is 6.20 Å². The van der Waals surface area contributed by atoms with Gasteiger partial charge in [-0.25, -0.2) is 9.97 Å². The van der Waals surface area contributed by atoms with Crippen molar-refractivity contribution < 1.29 is 13.7 Å². The summed E-state index contributed by atoms with van der Waals surface area (Å²) >= 11 is 0. The highest BCUT2D eigenvalue weighted by molar-refractivity contribution is 6.61. The molecule has 7 heteroatoms. The molecule has 0 aliphatic carbocycles. The van der Waals surface area contributed by atoms with Crippen LogP contribution in [0.1, 0.15) is 27.7 Å². The second-order valence-electron chi connectivity index (χ2n) is 5.75. The minimum absolute atomic E-state index is 0.404. The Labute approximate surface area is 117 Å². The highest BCUT2D eigenvalue weighted by Gasteiger charge is 2.52. The quantitative estimate of drug-likeness (QED) is 0.771. The Hall–Kier alpha value is -1.73. The maximum atomic E-state index is 5.95. The average molecular weight is 273 g/mol. The molecule has 1 fully saturated rings. The molecule has 2 aromatic rings. The van der Waals surface area contributed by atoms with Crippen molar-refractivity contribution in [1.82, 2.24) is 15.0 Å². The van der Waals surface area contributed by atoms with Crippen LogP contribution in [0.25, 0.3) is 11.6 Å². The molecule has 1 aliphatic rings. The van der Waals surface area contributed by atoms with E-state index in [0.29, 0.717) is 17.2 Å². The number of nitrogens with zero attached hydrogens (tertiary/aromatic N) is 3. The summed E-state index contributed by atoms with van der Waals surface area (Å²) in [6, 6.07) is 0. The Morgan fingerprint density at radius 1 is 1.05 bits per heavy atom. The predicted octanol–water partition coefficient (Wildman–Crippen LogP) is 1.43. The van der Waals surface area contributed by atoms with Gasteiger partial charge in [0.1, 0.15) is 12.0 Å². The Bertz CT molecular complexity index is 597. The fourth-order valence-electron chi connectivity index (χ4n) is 1.91. The molecule has 1 saturated heterocycles. The lowest BCUT2D eigenvalue weighted by Crippen LogP contribution is -2.41. The number of rotatable bonds is 2. The minimum atomic E-state index is -0.539. The van der Waals surface area contributed by atoms with E-state index in [2.05, 4.69) is 15.0 Å². The van der Waals surface area contributed by atoms with Gasteiger partial charge in [-0.3, -0.25) is 4.98 Å². The molecular weight excluding hydrogens is 257 g/mol. The third-order valence-corrected chi connectivity index (χ3v) is 3.80. The van der Waals surface area contributed by atoms with Crippen LogP contribution in [-0.4, -0.2) is 33.3 Å². The second-order valence-corrected chi connectivity index (χ2v) is 5.75. The van der Waals surface area contributed by atoms with E-state index >= 15 is 0 Å². The summed E-state index contributed by atoms with van der Waals surface area (Å²) in [5.74, 6) is 0.427. The van der Waals surface area contributed by atoms with Crippen LogP contribution in [0.15, 0.2) is 29.3 Å². The summed E-state index contributed by atoms with van der Waals surface area (Å²) in [4.78, 5) is 12.7.